The maximum atomic E-state index is 2.49. The van der Waals surface area contributed by atoms with Gasteiger partial charge in [-0.2, -0.15) is 0 Å². The van der Waals surface area contributed by atoms with E-state index in [0.29, 0.717) is 0 Å². The van der Waals surface area contributed by atoms with E-state index < -0.39 is 0 Å². The number of hydrogen-bond acceptors (Lipinski definition) is 0. The zero-order valence-corrected chi connectivity index (χ0v) is 6.27. The first kappa shape index (κ1) is 5.40. The Balaban J connectivity index is 2.09. The molecule has 2 saturated carbocycles. The molecule has 0 amide bonds. The summed E-state index contributed by atoms with van der Waals surface area (Å²) in [6.45, 7) is 0. The summed E-state index contributed by atoms with van der Waals surface area (Å²) < 4.78 is 0. The zero-order chi connectivity index (χ0) is 6.55. The van der Waals surface area contributed by atoms with Crippen molar-refractivity contribution in [2.24, 2.45) is 11.8 Å². The van der Waals surface area contributed by atoms with E-state index >= 15 is 0 Å². The van der Waals surface area contributed by atoms with Crippen molar-refractivity contribution in [3.05, 3.63) is 17.6 Å². The summed E-state index contributed by atoms with van der Waals surface area (Å²) >= 11 is 0. The van der Waals surface area contributed by atoms with Crippen LogP contribution in [0.5, 0.6) is 0 Å². The van der Waals surface area contributed by atoms with Gasteiger partial charge in [0.2, 0.25) is 0 Å². The molecule has 0 saturated heterocycles. The highest BCUT2D eigenvalue weighted by atomic mass is 14.5. The van der Waals surface area contributed by atoms with Crippen LogP contribution in [-0.4, -0.2) is 0 Å². The fraction of sp³-hybridized carbons (Fsp3) is 0.700. The molecule has 3 rings (SSSR count). The van der Waals surface area contributed by atoms with Gasteiger partial charge in [-0.15, -0.1) is 0 Å². The molecular weight excluding hydrogens is 120 g/mol. The Morgan fingerprint density at radius 3 is 3.30 bits per heavy atom. The quantitative estimate of drug-likeness (QED) is 0.476. The summed E-state index contributed by atoms with van der Waals surface area (Å²) in [4.78, 5) is 0. The molecule has 0 aromatic heterocycles. The molecule has 0 nitrogen and oxygen atoms in total. The van der Waals surface area contributed by atoms with Gasteiger partial charge in [0.15, 0.2) is 0 Å². The van der Waals surface area contributed by atoms with E-state index in [1.54, 1.807) is 5.57 Å². The Bertz CT molecular complexity index is 200. The molecule has 0 aromatic rings. The largest absolute Gasteiger partial charge is 0.0673 e. The van der Waals surface area contributed by atoms with Gasteiger partial charge in [0.25, 0.3) is 0 Å². The Morgan fingerprint density at radius 2 is 2.40 bits per heavy atom. The van der Waals surface area contributed by atoms with E-state index in [0.717, 1.165) is 11.8 Å². The molecule has 0 aromatic carbocycles. The molecule has 0 heterocycles. The Kier molecular flexibility index (Phi) is 0.898. The van der Waals surface area contributed by atoms with Crippen molar-refractivity contribution in [1.82, 2.24) is 0 Å². The lowest BCUT2D eigenvalue weighted by molar-refractivity contribution is 0.426. The highest BCUT2D eigenvalue weighted by Crippen LogP contribution is 2.54. The van der Waals surface area contributed by atoms with Crippen LogP contribution in [0.2, 0.25) is 0 Å². The van der Waals surface area contributed by atoms with E-state index in [1.165, 1.54) is 32.1 Å². The van der Waals surface area contributed by atoms with Crippen molar-refractivity contribution >= 4 is 0 Å². The predicted octanol–water partition coefficient (Wildman–Crippen LogP) is 2.71. The van der Waals surface area contributed by atoms with Crippen LogP contribution in [0.25, 0.3) is 0 Å². The van der Waals surface area contributed by atoms with Crippen molar-refractivity contribution in [3.63, 3.8) is 0 Å². The fourth-order valence-corrected chi connectivity index (χ4v) is 3.10. The van der Waals surface area contributed by atoms with E-state index in [1.807, 2.05) is 5.57 Å². The topological polar surface area (TPSA) is 0 Å². The molecular formula is C10H13. The molecule has 0 spiro atoms. The molecule has 3 aliphatic carbocycles. The van der Waals surface area contributed by atoms with Crippen LogP contribution < -0.4 is 0 Å². The molecule has 2 atom stereocenters. The lowest BCUT2D eigenvalue weighted by Crippen LogP contribution is -2.06. The second kappa shape index (κ2) is 1.66. The molecule has 0 N–H and O–H groups in total. The number of rotatable bonds is 0. The molecule has 10 heavy (non-hydrogen) atoms. The molecule has 2 fully saturated rings. The average molecular weight is 133 g/mol. The van der Waals surface area contributed by atoms with E-state index in [4.69, 9.17) is 0 Å². The van der Waals surface area contributed by atoms with Crippen molar-refractivity contribution in [1.29, 1.82) is 0 Å². The van der Waals surface area contributed by atoms with E-state index in [-0.39, 0.29) is 0 Å². The summed E-state index contributed by atoms with van der Waals surface area (Å²) in [5.74, 6) is 2.12. The monoisotopic (exact) mass is 133 g/mol. The Labute approximate surface area is 62.3 Å². The molecule has 2 bridgehead atoms. The predicted molar refractivity (Wildman–Crippen MR) is 41.4 cm³/mol. The fourth-order valence-electron chi connectivity index (χ4n) is 3.10. The van der Waals surface area contributed by atoms with Crippen LogP contribution in [0.4, 0.5) is 0 Å². The van der Waals surface area contributed by atoms with Crippen LogP contribution in [0.1, 0.15) is 32.1 Å². The lowest BCUT2D eigenvalue weighted by Gasteiger charge is -2.16. The number of allylic oxidation sites excluding steroid dienone is 2. The van der Waals surface area contributed by atoms with Crippen molar-refractivity contribution in [2.75, 3.05) is 0 Å². The number of hydrogen-bond donors (Lipinski definition) is 0. The summed E-state index contributed by atoms with van der Waals surface area (Å²) in [5.41, 5.74) is 3.61. The van der Waals surface area contributed by atoms with E-state index in [9.17, 15) is 0 Å². The average Bonchev–Trinajstić information content (AvgIpc) is 2.60. The third-order valence-corrected chi connectivity index (χ3v) is 3.54. The van der Waals surface area contributed by atoms with Crippen LogP contribution in [0.3, 0.4) is 0 Å². The second-order valence-electron chi connectivity index (χ2n) is 3.95. The first-order valence-electron chi connectivity index (χ1n) is 4.50. The van der Waals surface area contributed by atoms with Gasteiger partial charge in [-0.1, -0.05) is 11.1 Å². The Morgan fingerprint density at radius 1 is 1.40 bits per heavy atom. The molecule has 1 radical (unpaired) electrons. The van der Waals surface area contributed by atoms with Crippen molar-refractivity contribution < 1.29 is 0 Å². The molecule has 0 heteroatoms. The van der Waals surface area contributed by atoms with Gasteiger partial charge < -0.3 is 0 Å². The van der Waals surface area contributed by atoms with Gasteiger partial charge in [-0.25, -0.2) is 0 Å². The summed E-state index contributed by atoms with van der Waals surface area (Å²) in [5, 5.41) is 0. The standard InChI is InChI=1S/C10H13/c1-2-9-7-4-5-8(6-7)10(9)3-1/h4,8,10H,1-3,5-6H2. The molecule has 0 aliphatic heterocycles. The maximum Gasteiger partial charge on any atom is -0.0132 e. The molecule has 53 valence electrons. The highest BCUT2D eigenvalue weighted by Gasteiger charge is 2.40. The third-order valence-electron chi connectivity index (χ3n) is 3.54. The lowest BCUT2D eigenvalue weighted by atomic mass is 9.89. The highest BCUT2D eigenvalue weighted by molar-refractivity contribution is 5.37. The van der Waals surface area contributed by atoms with Gasteiger partial charge in [0.1, 0.15) is 0 Å². The second-order valence-corrected chi connectivity index (χ2v) is 3.95. The summed E-state index contributed by atoms with van der Waals surface area (Å²) in [6.07, 6.45) is 9.77. The normalized spacial score (nSPS) is 43.2. The first-order valence-corrected chi connectivity index (χ1v) is 4.50. The van der Waals surface area contributed by atoms with Crippen LogP contribution in [0, 0.1) is 18.3 Å². The SMILES string of the molecule is [CH]1CC2CC1=C1CCCC12. The Hall–Kier alpha value is -0.260. The minimum absolute atomic E-state index is 1.06. The van der Waals surface area contributed by atoms with Crippen molar-refractivity contribution in [3.8, 4) is 0 Å². The molecule has 2 unspecified atom stereocenters. The minimum Gasteiger partial charge on any atom is -0.0673 e. The zero-order valence-electron chi connectivity index (χ0n) is 6.27. The smallest absolute Gasteiger partial charge is 0.0132 e. The van der Waals surface area contributed by atoms with Gasteiger partial charge >= 0.3 is 0 Å². The minimum atomic E-state index is 1.06. The maximum absolute atomic E-state index is 2.49. The van der Waals surface area contributed by atoms with Gasteiger partial charge in [0.05, 0.1) is 0 Å². The van der Waals surface area contributed by atoms with Gasteiger partial charge in [-0.05, 0) is 50.4 Å². The van der Waals surface area contributed by atoms with Gasteiger partial charge in [-0.3, -0.25) is 0 Å². The van der Waals surface area contributed by atoms with Crippen molar-refractivity contribution in [2.45, 2.75) is 32.1 Å². The van der Waals surface area contributed by atoms with Gasteiger partial charge in [0, 0.05) is 0 Å². The van der Waals surface area contributed by atoms with Crippen LogP contribution >= 0.6 is 0 Å². The van der Waals surface area contributed by atoms with Crippen LogP contribution in [0.15, 0.2) is 11.1 Å². The first-order chi connectivity index (χ1) is 4.95. The van der Waals surface area contributed by atoms with E-state index in [2.05, 4.69) is 6.42 Å². The number of fused-ring (bicyclic) bond motifs is 4. The molecule has 3 aliphatic rings. The summed E-state index contributed by atoms with van der Waals surface area (Å²) in [7, 11) is 0. The summed E-state index contributed by atoms with van der Waals surface area (Å²) in [6, 6.07) is 0. The third kappa shape index (κ3) is 0.492. The van der Waals surface area contributed by atoms with Crippen LogP contribution in [-0.2, 0) is 0 Å².